The number of carbonyl (C=O) groups is 1. The van der Waals surface area contributed by atoms with Gasteiger partial charge in [0.1, 0.15) is 0 Å². The smallest absolute Gasteiger partial charge is 0.255 e. The highest BCUT2D eigenvalue weighted by atomic mass is 79.9. The Morgan fingerprint density at radius 2 is 1.96 bits per heavy atom. The van der Waals surface area contributed by atoms with Gasteiger partial charge in [0, 0.05) is 48.0 Å². The zero-order valence-corrected chi connectivity index (χ0v) is 18.1. The van der Waals surface area contributed by atoms with Crippen molar-refractivity contribution in [3.8, 4) is 0 Å². The molecule has 0 N–H and O–H groups in total. The molecule has 1 aliphatic heterocycles. The second-order valence-corrected chi connectivity index (χ2v) is 9.51. The lowest BCUT2D eigenvalue weighted by Gasteiger charge is -2.22. The summed E-state index contributed by atoms with van der Waals surface area (Å²) in [5, 5.41) is 3.36. The minimum absolute atomic E-state index is 0.105. The number of halogens is 1. The summed E-state index contributed by atoms with van der Waals surface area (Å²) in [5.41, 5.74) is 1.99. The van der Waals surface area contributed by atoms with Crippen molar-refractivity contribution in [1.29, 1.82) is 0 Å². The lowest BCUT2D eigenvalue weighted by Crippen LogP contribution is -2.35. The Hall–Kier alpha value is -1.24. The topological polar surface area (TPSA) is 36.4 Å². The van der Waals surface area contributed by atoms with Crippen molar-refractivity contribution in [2.24, 2.45) is 0 Å². The van der Waals surface area contributed by atoms with Gasteiger partial charge in [-0.3, -0.25) is 9.69 Å². The molecule has 6 heteroatoms. The SMILES string of the molecule is CC(C)(C)c1nc(CN2CCCN(C(=O)c3ccccc3Br)CC2)cs1. The highest BCUT2D eigenvalue weighted by Crippen LogP contribution is 2.26. The van der Waals surface area contributed by atoms with Gasteiger partial charge in [0.25, 0.3) is 5.91 Å². The van der Waals surface area contributed by atoms with Crippen LogP contribution in [0.4, 0.5) is 0 Å². The molecule has 1 fully saturated rings. The van der Waals surface area contributed by atoms with Crippen LogP contribution in [0.1, 0.15) is 48.3 Å². The van der Waals surface area contributed by atoms with Crippen LogP contribution in [-0.4, -0.2) is 46.9 Å². The minimum atomic E-state index is 0.105. The molecule has 0 unspecified atom stereocenters. The number of hydrogen-bond donors (Lipinski definition) is 0. The molecular weight excluding hydrogens is 410 g/mol. The van der Waals surface area contributed by atoms with Crippen LogP contribution >= 0.6 is 27.3 Å². The Morgan fingerprint density at radius 3 is 2.65 bits per heavy atom. The largest absolute Gasteiger partial charge is 0.337 e. The van der Waals surface area contributed by atoms with Gasteiger partial charge in [0.15, 0.2) is 0 Å². The first-order chi connectivity index (χ1) is 12.3. The van der Waals surface area contributed by atoms with Crippen molar-refractivity contribution >= 4 is 33.2 Å². The highest BCUT2D eigenvalue weighted by molar-refractivity contribution is 9.10. The summed E-state index contributed by atoms with van der Waals surface area (Å²) in [6, 6.07) is 7.66. The number of carbonyl (C=O) groups excluding carboxylic acids is 1. The van der Waals surface area contributed by atoms with Gasteiger partial charge in [-0.05, 0) is 34.5 Å². The van der Waals surface area contributed by atoms with E-state index >= 15 is 0 Å². The van der Waals surface area contributed by atoms with E-state index in [1.54, 1.807) is 11.3 Å². The van der Waals surface area contributed by atoms with Gasteiger partial charge in [-0.25, -0.2) is 4.98 Å². The molecule has 1 aliphatic rings. The maximum atomic E-state index is 12.8. The molecule has 0 spiro atoms. The van der Waals surface area contributed by atoms with E-state index in [0.717, 1.165) is 54.9 Å². The number of hydrogen-bond acceptors (Lipinski definition) is 4. The van der Waals surface area contributed by atoms with Gasteiger partial charge < -0.3 is 4.90 Å². The maximum absolute atomic E-state index is 12.8. The van der Waals surface area contributed by atoms with Crippen LogP contribution in [0.2, 0.25) is 0 Å². The van der Waals surface area contributed by atoms with E-state index in [-0.39, 0.29) is 11.3 Å². The van der Waals surface area contributed by atoms with Gasteiger partial charge in [-0.2, -0.15) is 0 Å². The Balaban J connectivity index is 1.61. The molecule has 0 aliphatic carbocycles. The third-order valence-electron chi connectivity index (χ3n) is 4.56. The summed E-state index contributed by atoms with van der Waals surface area (Å²) < 4.78 is 0.864. The molecule has 0 saturated carbocycles. The van der Waals surface area contributed by atoms with Gasteiger partial charge >= 0.3 is 0 Å². The number of thiazole rings is 1. The van der Waals surface area contributed by atoms with Crippen molar-refractivity contribution in [2.75, 3.05) is 26.2 Å². The molecule has 26 heavy (non-hydrogen) atoms. The molecule has 1 aromatic heterocycles. The van der Waals surface area contributed by atoms with Crippen molar-refractivity contribution in [3.05, 3.63) is 50.4 Å². The Kier molecular flexibility index (Phi) is 6.15. The van der Waals surface area contributed by atoms with Crippen LogP contribution in [0.15, 0.2) is 34.1 Å². The number of benzene rings is 1. The van der Waals surface area contributed by atoms with Crippen LogP contribution in [0.5, 0.6) is 0 Å². The third kappa shape index (κ3) is 4.72. The fourth-order valence-electron chi connectivity index (χ4n) is 3.09. The van der Waals surface area contributed by atoms with Crippen molar-refractivity contribution in [1.82, 2.24) is 14.8 Å². The lowest BCUT2D eigenvalue weighted by molar-refractivity contribution is 0.0760. The molecule has 0 bridgehead atoms. The van der Waals surface area contributed by atoms with Gasteiger partial charge in [0.2, 0.25) is 0 Å². The third-order valence-corrected chi connectivity index (χ3v) is 6.57. The first-order valence-electron chi connectivity index (χ1n) is 9.05. The second-order valence-electron chi connectivity index (χ2n) is 7.80. The van der Waals surface area contributed by atoms with Gasteiger partial charge in [0.05, 0.1) is 16.3 Å². The normalized spacial score (nSPS) is 16.5. The van der Waals surface area contributed by atoms with Crippen LogP contribution in [0, 0.1) is 0 Å². The van der Waals surface area contributed by atoms with E-state index in [0.29, 0.717) is 0 Å². The maximum Gasteiger partial charge on any atom is 0.255 e. The number of aromatic nitrogens is 1. The molecule has 1 saturated heterocycles. The number of rotatable bonds is 3. The summed E-state index contributed by atoms with van der Waals surface area (Å²) in [6.07, 6.45) is 0.993. The van der Waals surface area contributed by atoms with E-state index < -0.39 is 0 Å². The fraction of sp³-hybridized carbons (Fsp3) is 0.500. The lowest BCUT2D eigenvalue weighted by atomic mass is 9.98. The van der Waals surface area contributed by atoms with Crippen molar-refractivity contribution in [3.63, 3.8) is 0 Å². The van der Waals surface area contributed by atoms with E-state index in [9.17, 15) is 4.79 Å². The van der Waals surface area contributed by atoms with Crippen LogP contribution in [0.25, 0.3) is 0 Å². The molecule has 2 heterocycles. The standard InChI is InChI=1S/C20H26BrN3OS/c1-20(2,3)19-22-15(14-26-19)13-23-9-6-10-24(12-11-23)18(25)16-7-4-5-8-17(16)21/h4-5,7-8,14H,6,9-13H2,1-3H3. The average Bonchev–Trinajstić information content (AvgIpc) is 2.94. The average molecular weight is 436 g/mol. The predicted octanol–water partition coefficient (Wildman–Crippen LogP) is 4.55. The number of amides is 1. The van der Waals surface area contributed by atoms with Crippen LogP contribution < -0.4 is 0 Å². The van der Waals surface area contributed by atoms with Crippen LogP contribution in [0.3, 0.4) is 0 Å². The molecule has 140 valence electrons. The Morgan fingerprint density at radius 1 is 1.19 bits per heavy atom. The minimum Gasteiger partial charge on any atom is -0.337 e. The molecular formula is C20H26BrN3OS. The van der Waals surface area contributed by atoms with Gasteiger partial charge in [-0.15, -0.1) is 11.3 Å². The van der Waals surface area contributed by atoms with Crippen LogP contribution in [-0.2, 0) is 12.0 Å². The zero-order valence-electron chi connectivity index (χ0n) is 15.7. The summed E-state index contributed by atoms with van der Waals surface area (Å²) >= 11 is 5.24. The van der Waals surface area contributed by atoms with Gasteiger partial charge in [-0.1, -0.05) is 32.9 Å². The van der Waals surface area contributed by atoms with Crippen molar-refractivity contribution in [2.45, 2.75) is 39.2 Å². The fourth-order valence-corrected chi connectivity index (χ4v) is 4.44. The molecule has 0 radical (unpaired) electrons. The summed E-state index contributed by atoms with van der Waals surface area (Å²) in [4.78, 5) is 22.0. The molecule has 3 rings (SSSR count). The summed E-state index contributed by atoms with van der Waals surface area (Å²) in [7, 11) is 0. The predicted molar refractivity (Wildman–Crippen MR) is 111 cm³/mol. The van der Waals surface area contributed by atoms with E-state index in [2.05, 4.69) is 47.0 Å². The zero-order chi connectivity index (χ0) is 18.7. The summed E-state index contributed by atoms with van der Waals surface area (Å²) in [5.74, 6) is 0.114. The first kappa shape index (κ1) is 19.5. The summed E-state index contributed by atoms with van der Waals surface area (Å²) in [6.45, 7) is 10.9. The second kappa shape index (κ2) is 8.19. The molecule has 2 aromatic rings. The number of nitrogens with zero attached hydrogens (tertiary/aromatic N) is 3. The molecule has 0 atom stereocenters. The van der Waals surface area contributed by atoms with E-state index in [1.165, 1.54) is 5.01 Å². The van der Waals surface area contributed by atoms with Crippen molar-refractivity contribution < 1.29 is 4.79 Å². The molecule has 4 nitrogen and oxygen atoms in total. The monoisotopic (exact) mass is 435 g/mol. The Labute approximate surface area is 168 Å². The highest BCUT2D eigenvalue weighted by Gasteiger charge is 2.23. The molecule has 1 aromatic carbocycles. The molecule has 1 amide bonds. The van der Waals surface area contributed by atoms with E-state index in [4.69, 9.17) is 4.98 Å². The Bertz CT molecular complexity index is 768. The quantitative estimate of drug-likeness (QED) is 0.708. The first-order valence-corrected chi connectivity index (χ1v) is 10.7. The van der Waals surface area contributed by atoms with E-state index in [1.807, 2.05) is 29.2 Å².